The van der Waals surface area contributed by atoms with Gasteiger partial charge in [0.15, 0.2) is 0 Å². The summed E-state index contributed by atoms with van der Waals surface area (Å²) in [6.07, 6.45) is -2.20. The Morgan fingerprint density at radius 2 is 1.92 bits per heavy atom. The Morgan fingerprint density at radius 1 is 1.15 bits per heavy atom. The Labute approximate surface area is 157 Å². The predicted molar refractivity (Wildman–Crippen MR) is 95.7 cm³/mol. The Kier molecular flexibility index (Phi) is 4.75. The summed E-state index contributed by atoms with van der Waals surface area (Å²) in [5.74, 6) is 0.426. The van der Waals surface area contributed by atoms with Crippen LogP contribution in [0.4, 0.5) is 13.2 Å². The van der Waals surface area contributed by atoms with Gasteiger partial charge in [-0.1, -0.05) is 11.8 Å². The van der Waals surface area contributed by atoms with Gasteiger partial charge in [-0.3, -0.25) is 4.79 Å². The van der Waals surface area contributed by atoms with E-state index in [1.54, 1.807) is 24.3 Å². The number of halogens is 3. The number of rotatable bonds is 4. The van der Waals surface area contributed by atoms with Crippen molar-refractivity contribution < 1.29 is 18.0 Å². The van der Waals surface area contributed by atoms with Gasteiger partial charge in [-0.25, -0.2) is 0 Å². The van der Waals surface area contributed by atoms with Crippen molar-refractivity contribution in [3.05, 3.63) is 46.8 Å². The van der Waals surface area contributed by atoms with E-state index in [4.69, 9.17) is 0 Å². The summed E-state index contributed by atoms with van der Waals surface area (Å²) < 4.78 is 38.5. The van der Waals surface area contributed by atoms with Gasteiger partial charge in [0.25, 0.3) is 5.91 Å². The van der Waals surface area contributed by atoms with E-state index in [1.165, 1.54) is 17.8 Å². The molecule has 3 unspecified atom stereocenters. The van der Waals surface area contributed by atoms with Crippen molar-refractivity contribution >= 4 is 29.0 Å². The molecule has 138 valence electrons. The van der Waals surface area contributed by atoms with E-state index in [0.717, 1.165) is 41.7 Å². The smallest absolute Gasteiger partial charge is 0.349 e. The van der Waals surface area contributed by atoms with Crippen LogP contribution in [0.2, 0.25) is 0 Å². The topological polar surface area (TPSA) is 41.1 Å². The van der Waals surface area contributed by atoms with Gasteiger partial charge in [0.1, 0.15) is 4.88 Å². The molecule has 1 saturated carbocycles. The summed E-state index contributed by atoms with van der Waals surface area (Å²) in [6, 6.07) is 10.3. The monoisotopic (exact) mass is 398 g/mol. The molecule has 2 aromatic rings. The van der Waals surface area contributed by atoms with Gasteiger partial charge in [0.05, 0.1) is 4.21 Å². The maximum atomic E-state index is 12.7. The molecule has 0 radical (unpaired) electrons. The van der Waals surface area contributed by atoms with E-state index in [0.29, 0.717) is 21.7 Å². The number of fused-ring (bicyclic) bond motifs is 2. The van der Waals surface area contributed by atoms with Crippen LogP contribution in [-0.4, -0.2) is 24.5 Å². The third-order valence-electron chi connectivity index (χ3n) is 4.88. The van der Waals surface area contributed by atoms with Gasteiger partial charge >= 0.3 is 6.18 Å². The van der Waals surface area contributed by atoms with Gasteiger partial charge in [0, 0.05) is 29.1 Å². The highest BCUT2D eigenvalue weighted by Gasteiger charge is 2.40. The maximum Gasteiger partial charge on any atom is 0.425 e. The number of amides is 1. The zero-order chi connectivity index (χ0) is 18.3. The number of alkyl halides is 3. The number of carbonyl (C=O) groups excluding carboxylic acids is 1. The first kappa shape index (κ1) is 17.9. The van der Waals surface area contributed by atoms with Crippen LogP contribution in [0.1, 0.15) is 28.1 Å². The molecule has 2 bridgehead atoms. The van der Waals surface area contributed by atoms with Crippen LogP contribution >= 0.6 is 23.1 Å². The first-order valence-corrected chi connectivity index (χ1v) is 10.0. The van der Waals surface area contributed by atoms with E-state index < -0.39 is 11.1 Å². The summed E-state index contributed by atoms with van der Waals surface area (Å²) in [5, 5.41) is 6.52. The average Bonchev–Trinajstić information content (AvgIpc) is 3.31. The van der Waals surface area contributed by atoms with Gasteiger partial charge in [-0.2, -0.15) is 13.2 Å². The Morgan fingerprint density at radius 3 is 2.50 bits per heavy atom. The van der Waals surface area contributed by atoms with Crippen LogP contribution in [0.3, 0.4) is 0 Å². The molecule has 2 N–H and O–H groups in total. The zero-order valence-corrected chi connectivity index (χ0v) is 15.3. The van der Waals surface area contributed by atoms with Crippen molar-refractivity contribution in [3.8, 4) is 0 Å². The van der Waals surface area contributed by atoms with Crippen molar-refractivity contribution in [2.24, 2.45) is 5.92 Å². The van der Waals surface area contributed by atoms with E-state index in [1.807, 2.05) is 0 Å². The lowest BCUT2D eigenvalue weighted by Gasteiger charge is -2.23. The van der Waals surface area contributed by atoms with E-state index in [2.05, 4.69) is 10.6 Å². The van der Waals surface area contributed by atoms with Crippen LogP contribution in [0, 0.1) is 5.92 Å². The molecule has 1 saturated heterocycles. The molecule has 1 aromatic carbocycles. The fourth-order valence-electron chi connectivity index (χ4n) is 3.58. The zero-order valence-electron chi connectivity index (χ0n) is 13.7. The van der Waals surface area contributed by atoms with Crippen molar-refractivity contribution in [3.63, 3.8) is 0 Å². The largest absolute Gasteiger partial charge is 0.425 e. The molecule has 3 nitrogen and oxygen atoms in total. The molecule has 3 atom stereocenters. The first-order chi connectivity index (χ1) is 12.4. The summed E-state index contributed by atoms with van der Waals surface area (Å²) in [5.41, 5.74) is 0.576. The minimum absolute atomic E-state index is 0.0884. The molecule has 1 aromatic heterocycles. The fourth-order valence-corrected chi connectivity index (χ4v) is 5.55. The van der Waals surface area contributed by atoms with Gasteiger partial charge in [-0.05, 0) is 55.2 Å². The van der Waals surface area contributed by atoms with Crippen molar-refractivity contribution in [2.75, 3.05) is 6.54 Å². The van der Waals surface area contributed by atoms with Crippen LogP contribution < -0.4 is 10.6 Å². The van der Waals surface area contributed by atoms with Crippen LogP contribution in [0.15, 0.2) is 45.5 Å². The molecule has 1 amide bonds. The number of carbonyl (C=O) groups is 1. The molecule has 2 aliphatic rings. The van der Waals surface area contributed by atoms with Crippen molar-refractivity contribution in [1.29, 1.82) is 0 Å². The van der Waals surface area contributed by atoms with Crippen LogP contribution in [0.25, 0.3) is 0 Å². The number of hydrogen-bond acceptors (Lipinski definition) is 4. The Bertz CT molecular complexity index is 804. The van der Waals surface area contributed by atoms with Crippen LogP contribution in [0.5, 0.6) is 0 Å². The van der Waals surface area contributed by atoms with Gasteiger partial charge in [-0.15, -0.1) is 11.3 Å². The minimum atomic E-state index is -4.30. The quantitative estimate of drug-likeness (QED) is 0.802. The summed E-state index contributed by atoms with van der Waals surface area (Å²) in [6.45, 7) is 0.964. The van der Waals surface area contributed by atoms with Crippen molar-refractivity contribution in [1.82, 2.24) is 10.6 Å². The highest BCUT2D eigenvalue weighted by molar-refractivity contribution is 8.01. The molecule has 2 fully saturated rings. The highest BCUT2D eigenvalue weighted by atomic mass is 32.2. The normalized spacial score (nSPS) is 24.8. The predicted octanol–water partition coefficient (Wildman–Crippen LogP) is 4.40. The molecular weight excluding hydrogens is 381 g/mol. The standard InChI is InChI=1S/C18H17F3N2OS2/c19-18(20,21)15-5-6-16(26-15)25-13-3-1-10(2-4-13)17(24)23-14-8-12-7-11(14)9-22-12/h1-6,11-12,14,22H,7-9H2,(H,23,24). The van der Waals surface area contributed by atoms with Crippen molar-refractivity contribution in [2.45, 2.75) is 40.2 Å². The number of benzene rings is 1. The van der Waals surface area contributed by atoms with E-state index in [9.17, 15) is 18.0 Å². The molecule has 8 heteroatoms. The average molecular weight is 398 g/mol. The summed E-state index contributed by atoms with van der Waals surface area (Å²) in [7, 11) is 0. The lowest BCUT2D eigenvalue weighted by Crippen LogP contribution is -2.44. The van der Waals surface area contributed by atoms with Gasteiger partial charge in [0.2, 0.25) is 0 Å². The second kappa shape index (κ2) is 6.90. The summed E-state index contributed by atoms with van der Waals surface area (Å²) >= 11 is 1.99. The second-order valence-corrected chi connectivity index (χ2v) is 9.12. The summed E-state index contributed by atoms with van der Waals surface area (Å²) in [4.78, 5) is 12.6. The molecule has 1 aliphatic heterocycles. The highest BCUT2D eigenvalue weighted by Crippen LogP contribution is 2.40. The Hall–Kier alpha value is -1.51. The van der Waals surface area contributed by atoms with E-state index >= 15 is 0 Å². The Balaban J connectivity index is 1.37. The number of thiophene rings is 1. The molecule has 26 heavy (non-hydrogen) atoms. The molecule has 1 aliphatic carbocycles. The third-order valence-corrected chi connectivity index (χ3v) is 7.15. The number of nitrogens with one attached hydrogen (secondary N) is 2. The van der Waals surface area contributed by atoms with Crippen LogP contribution in [-0.2, 0) is 6.18 Å². The SMILES string of the molecule is O=C(NC1CC2CC1CN2)c1ccc(Sc2ccc(C(F)(F)F)s2)cc1. The number of hydrogen-bond donors (Lipinski definition) is 2. The second-order valence-electron chi connectivity index (χ2n) is 6.66. The molecule has 2 heterocycles. The maximum absolute atomic E-state index is 12.7. The first-order valence-electron chi connectivity index (χ1n) is 8.38. The number of piperidine rings is 1. The molecule has 0 spiro atoms. The third kappa shape index (κ3) is 3.77. The molecular formula is C18H17F3N2OS2. The lowest BCUT2D eigenvalue weighted by atomic mass is 10.0. The molecule has 4 rings (SSSR count). The van der Waals surface area contributed by atoms with Gasteiger partial charge < -0.3 is 10.6 Å². The fraction of sp³-hybridized carbons (Fsp3) is 0.389. The lowest BCUT2D eigenvalue weighted by molar-refractivity contribution is -0.134. The minimum Gasteiger partial charge on any atom is -0.349 e. The van der Waals surface area contributed by atoms with E-state index in [-0.39, 0.29) is 11.9 Å².